The van der Waals surface area contributed by atoms with Crippen molar-refractivity contribution in [3.63, 3.8) is 0 Å². The zero-order valence-electron chi connectivity index (χ0n) is 9.27. The maximum absolute atomic E-state index is 11.8. The molecule has 5 nitrogen and oxygen atoms in total. The van der Waals surface area contributed by atoms with Crippen LogP contribution in [-0.4, -0.2) is 25.5 Å². The molecule has 7 heteroatoms. The number of carbonyl (C=O) groups is 1. The van der Waals surface area contributed by atoms with E-state index >= 15 is 0 Å². The van der Waals surface area contributed by atoms with Crippen molar-refractivity contribution >= 4 is 31.9 Å². The summed E-state index contributed by atoms with van der Waals surface area (Å²) in [6, 6.07) is 3.34. The van der Waals surface area contributed by atoms with E-state index < -0.39 is 22.0 Å². The number of aryl methyl sites for hydroxylation is 1. The number of hydrogen-bond acceptors (Lipinski definition) is 3. The maximum atomic E-state index is 11.8. The van der Waals surface area contributed by atoms with E-state index in [0.717, 1.165) is 5.56 Å². The van der Waals surface area contributed by atoms with Gasteiger partial charge in [0.15, 0.2) is 0 Å². The van der Waals surface area contributed by atoms with Gasteiger partial charge in [0.2, 0.25) is 10.0 Å². The number of sulfonamides is 1. The summed E-state index contributed by atoms with van der Waals surface area (Å²) in [5.41, 5.74) is 0.898. The number of hydrogen-bond donors (Lipinski definition) is 2. The van der Waals surface area contributed by atoms with Crippen LogP contribution in [0.1, 0.15) is 12.5 Å². The highest BCUT2D eigenvalue weighted by Gasteiger charge is 2.21. The predicted octanol–water partition coefficient (Wildman–Crippen LogP) is 1.51. The standard InChI is InChI=1S/C10H12BrNO4S/c1-6-3-4-8(5-9(6)11)17(15,16)12-7(2)10(13)14/h3-5,7,12H,1-2H3,(H,13,14). The molecule has 0 fully saturated rings. The van der Waals surface area contributed by atoms with Crippen molar-refractivity contribution in [3.05, 3.63) is 28.2 Å². The van der Waals surface area contributed by atoms with Gasteiger partial charge in [-0.05, 0) is 31.5 Å². The number of aliphatic carboxylic acids is 1. The van der Waals surface area contributed by atoms with Crippen LogP contribution >= 0.6 is 15.9 Å². The van der Waals surface area contributed by atoms with Crippen LogP contribution in [0.3, 0.4) is 0 Å². The minimum absolute atomic E-state index is 0.0306. The molecule has 17 heavy (non-hydrogen) atoms. The molecule has 0 radical (unpaired) electrons. The van der Waals surface area contributed by atoms with E-state index in [2.05, 4.69) is 20.7 Å². The SMILES string of the molecule is Cc1ccc(S(=O)(=O)NC(C)C(=O)O)cc1Br. The second-order valence-corrected chi connectivity index (χ2v) is 6.16. The lowest BCUT2D eigenvalue weighted by Crippen LogP contribution is -2.38. The molecule has 0 amide bonds. The molecule has 1 aromatic carbocycles. The minimum Gasteiger partial charge on any atom is -0.480 e. The van der Waals surface area contributed by atoms with Gasteiger partial charge in [-0.3, -0.25) is 4.79 Å². The average molecular weight is 322 g/mol. The highest BCUT2D eigenvalue weighted by atomic mass is 79.9. The lowest BCUT2D eigenvalue weighted by molar-refractivity contribution is -0.138. The molecule has 0 heterocycles. The first-order valence-corrected chi connectivity index (χ1v) is 7.03. The lowest BCUT2D eigenvalue weighted by atomic mass is 10.2. The van der Waals surface area contributed by atoms with Crippen LogP contribution in [-0.2, 0) is 14.8 Å². The van der Waals surface area contributed by atoms with Gasteiger partial charge in [0.25, 0.3) is 0 Å². The van der Waals surface area contributed by atoms with E-state index in [-0.39, 0.29) is 4.90 Å². The summed E-state index contributed by atoms with van der Waals surface area (Å²) in [7, 11) is -3.80. The number of rotatable bonds is 4. The second kappa shape index (κ2) is 5.16. The van der Waals surface area contributed by atoms with Gasteiger partial charge in [0, 0.05) is 4.47 Å². The van der Waals surface area contributed by atoms with Gasteiger partial charge in [-0.15, -0.1) is 0 Å². The van der Waals surface area contributed by atoms with E-state index in [4.69, 9.17) is 5.11 Å². The number of nitrogens with one attached hydrogen (secondary N) is 1. The first-order valence-electron chi connectivity index (χ1n) is 4.75. The third-order valence-electron chi connectivity index (χ3n) is 2.16. The minimum atomic E-state index is -3.80. The summed E-state index contributed by atoms with van der Waals surface area (Å²) >= 11 is 3.23. The fraction of sp³-hybridized carbons (Fsp3) is 0.300. The largest absolute Gasteiger partial charge is 0.480 e. The van der Waals surface area contributed by atoms with Gasteiger partial charge in [-0.1, -0.05) is 22.0 Å². The monoisotopic (exact) mass is 321 g/mol. The Bertz CT molecular complexity index is 541. The van der Waals surface area contributed by atoms with Crippen LogP contribution in [0.5, 0.6) is 0 Å². The highest BCUT2D eigenvalue weighted by molar-refractivity contribution is 9.10. The summed E-state index contributed by atoms with van der Waals surface area (Å²) in [5.74, 6) is -1.22. The van der Waals surface area contributed by atoms with Gasteiger partial charge >= 0.3 is 5.97 Å². The zero-order chi connectivity index (χ0) is 13.2. The number of benzene rings is 1. The Morgan fingerprint density at radius 1 is 1.47 bits per heavy atom. The van der Waals surface area contributed by atoms with Crippen LogP contribution in [0, 0.1) is 6.92 Å². The molecule has 0 aliphatic rings. The van der Waals surface area contributed by atoms with E-state index in [1.165, 1.54) is 19.1 Å². The van der Waals surface area contributed by atoms with Crippen molar-refractivity contribution in [3.8, 4) is 0 Å². The molecule has 1 aromatic rings. The van der Waals surface area contributed by atoms with Gasteiger partial charge < -0.3 is 5.11 Å². The van der Waals surface area contributed by atoms with Crippen molar-refractivity contribution < 1.29 is 18.3 Å². The van der Waals surface area contributed by atoms with Crippen molar-refractivity contribution in [2.24, 2.45) is 0 Å². The first-order chi connectivity index (χ1) is 7.74. The molecule has 1 rings (SSSR count). The molecule has 1 unspecified atom stereocenters. The third kappa shape index (κ3) is 3.52. The number of halogens is 1. The van der Waals surface area contributed by atoms with Crippen molar-refractivity contribution in [1.82, 2.24) is 4.72 Å². The zero-order valence-corrected chi connectivity index (χ0v) is 11.7. The van der Waals surface area contributed by atoms with Crippen molar-refractivity contribution in [2.45, 2.75) is 24.8 Å². The third-order valence-corrected chi connectivity index (χ3v) is 4.55. The Hall–Kier alpha value is -0.920. The number of carboxylic acid groups (broad SMARTS) is 1. The smallest absolute Gasteiger partial charge is 0.321 e. The fourth-order valence-electron chi connectivity index (χ4n) is 1.09. The van der Waals surface area contributed by atoms with E-state index in [1.807, 2.05) is 6.92 Å². The maximum Gasteiger partial charge on any atom is 0.321 e. The molecule has 0 spiro atoms. The van der Waals surface area contributed by atoms with Crippen LogP contribution in [0.4, 0.5) is 0 Å². The van der Waals surface area contributed by atoms with Gasteiger partial charge in [0.1, 0.15) is 6.04 Å². The molecule has 0 aromatic heterocycles. The highest BCUT2D eigenvalue weighted by Crippen LogP contribution is 2.20. The van der Waals surface area contributed by atoms with Crippen molar-refractivity contribution in [2.75, 3.05) is 0 Å². The molecule has 0 aliphatic carbocycles. The van der Waals surface area contributed by atoms with Gasteiger partial charge in [0.05, 0.1) is 4.90 Å². The molecule has 0 saturated carbocycles. The predicted molar refractivity (Wildman–Crippen MR) is 66.3 cm³/mol. The van der Waals surface area contributed by atoms with E-state index in [1.54, 1.807) is 6.07 Å². The summed E-state index contributed by atoms with van der Waals surface area (Å²) in [6.45, 7) is 3.09. The van der Waals surface area contributed by atoms with Crippen LogP contribution < -0.4 is 4.72 Å². The fourth-order valence-corrected chi connectivity index (χ4v) is 2.84. The first kappa shape index (κ1) is 14.1. The van der Waals surface area contributed by atoms with E-state index in [0.29, 0.717) is 4.47 Å². The Labute approximate surface area is 108 Å². The quantitative estimate of drug-likeness (QED) is 0.880. The molecule has 94 valence electrons. The van der Waals surface area contributed by atoms with Crippen LogP contribution in [0.25, 0.3) is 0 Å². The Morgan fingerprint density at radius 3 is 2.53 bits per heavy atom. The van der Waals surface area contributed by atoms with Crippen LogP contribution in [0.15, 0.2) is 27.6 Å². The lowest BCUT2D eigenvalue weighted by Gasteiger charge is -2.10. The summed E-state index contributed by atoms with van der Waals surface area (Å²) in [5, 5.41) is 8.65. The molecule has 0 bridgehead atoms. The van der Waals surface area contributed by atoms with E-state index in [9.17, 15) is 13.2 Å². The van der Waals surface area contributed by atoms with Gasteiger partial charge in [-0.25, -0.2) is 8.42 Å². The molecular weight excluding hydrogens is 310 g/mol. The number of carboxylic acids is 1. The topological polar surface area (TPSA) is 83.5 Å². The summed E-state index contributed by atoms with van der Waals surface area (Å²) < 4.78 is 26.4. The summed E-state index contributed by atoms with van der Waals surface area (Å²) in [6.07, 6.45) is 0. The molecular formula is C10H12BrNO4S. The van der Waals surface area contributed by atoms with Crippen molar-refractivity contribution in [1.29, 1.82) is 0 Å². The molecule has 0 aliphatic heterocycles. The van der Waals surface area contributed by atoms with Gasteiger partial charge in [-0.2, -0.15) is 4.72 Å². The Balaban J connectivity index is 3.05. The summed E-state index contributed by atoms with van der Waals surface area (Å²) in [4.78, 5) is 10.6. The second-order valence-electron chi connectivity index (χ2n) is 3.59. The Morgan fingerprint density at radius 2 is 2.06 bits per heavy atom. The Kier molecular flexibility index (Phi) is 4.29. The molecule has 0 saturated heterocycles. The normalized spacial score (nSPS) is 13.4. The van der Waals surface area contributed by atoms with Crippen LogP contribution in [0.2, 0.25) is 0 Å². The molecule has 2 N–H and O–H groups in total. The molecule has 1 atom stereocenters. The average Bonchev–Trinajstić information content (AvgIpc) is 2.21.